The molecule has 0 radical (unpaired) electrons. The maximum atomic E-state index is 12.0. The first-order valence-electron chi connectivity index (χ1n) is 5.87. The molecule has 1 aliphatic rings. The van der Waals surface area contributed by atoms with Crippen LogP contribution in [0.5, 0.6) is 0 Å². The number of imide groups is 1. The van der Waals surface area contributed by atoms with Crippen molar-refractivity contribution < 1.29 is 14.1 Å². The number of amides is 2. The number of hydrogen-bond acceptors (Lipinski definition) is 6. The number of aromatic nitrogens is 2. The number of aryl methyl sites for hydroxylation is 1. The molecular weight excluding hydrogens is 236 g/mol. The van der Waals surface area contributed by atoms with Crippen LogP contribution in [-0.2, 0) is 16.1 Å². The Hall–Kier alpha value is -1.76. The highest BCUT2D eigenvalue weighted by Gasteiger charge is 2.39. The molecule has 0 spiro atoms. The van der Waals surface area contributed by atoms with Crippen LogP contribution in [0.3, 0.4) is 0 Å². The lowest BCUT2D eigenvalue weighted by Crippen LogP contribution is -2.41. The second-order valence-corrected chi connectivity index (χ2v) is 4.57. The molecule has 0 aliphatic carbocycles. The standard InChI is InChI=1S/C11H16N4O3/c1-6(2)15-10(16)4-8(11(15)17)12-5-9-13-7(3)14-18-9/h6,8,12H,4-5H2,1-3H3. The SMILES string of the molecule is Cc1noc(CNC2CC(=O)N(C(C)C)C2=O)n1. The zero-order chi connectivity index (χ0) is 13.3. The fraction of sp³-hybridized carbons (Fsp3) is 0.636. The Morgan fingerprint density at radius 2 is 2.22 bits per heavy atom. The van der Waals surface area contributed by atoms with Gasteiger partial charge < -0.3 is 4.52 Å². The lowest BCUT2D eigenvalue weighted by Gasteiger charge is -2.18. The Bertz CT molecular complexity index is 469. The van der Waals surface area contributed by atoms with E-state index in [0.717, 1.165) is 0 Å². The van der Waals surface area contributed by atoms with Crippen molar-refractivity contribution in [3.8, 4) is 0 Å². The summed E-state index contributed by atoms with van der Waals surface area (Å²) in [5, 5.41) is 6.62. The van der Waals surface area contributed by atoms with Crippen LogP contribution in [0.15, 0.2) is 4.52 Å². The molecule has 1 aromatic rings. The molecule has 1 aromatic heterocycles. The van der Waals surface area contributed by atoms with Gasteiger partial charge in [0.2, 0.25) is 17.7 Å². The Morgan fingerprint density at radius 3 is 2.72 bits per heavy atom. The number of rotatable bonds is 4. The lowest BCUT2D eigenvalue weighted by atomic mass is 10.2. The van der Waals surface area contributed by atoms with Gasteiger partial charge in [-0.05, 0) is 20.8 Å². The van der Waals surface area contributed by atoms with Crippen molar-refractivity contribution in [1.29, 1.82) is 0 Å². The molecule has 7 nitrogen and oxygen atoms in total. The summed E-state index contributed by atoms with van der Waals surface area (Å²) in [7, 11) is 0. The van der Waals surface area contributed by atoms with Gasteiger partial charge >= 0.3 is 0 Å². The van der Waals surface area contributed by atoms with Crippen molar-refractivity contribution in [3.05, 3.63) is 11.7 Å². The highest BCUT2D eigenvalue weighted by Crippen LogP contribution is 2.16. The number of carbonyl (C=O) groups excluding carboxylic acids is 2. The number of nitrogens with zero attached hydrogens (tertiary/aromatic N) is 3. The van der Waals surface area contributed by atoms with Crippen LogP contribution in [0, 0.1) is 6.92 Å². The smallest absolute Gasteiger partial charge is 0.247 e. The number of carbonyl (C=O) groups is 2. The van der Waals surface area contributed by atoms with E-state index < -0.39 is 6.04 Å². The van der Waals surface area contributed by atoms with Gasteiger partial charge in [0.25, 0.3) is 0 Å². The Kier molecular flexibility index (Phi) is 3.42. The highest BCUT2D eigenvalue weighted by atomic mass is 16.5. The molecule has 0 bridgehead atoms. The third kappa shape index (κ3) is 2.40. The number of nitrogens with one attached hydrogen (secondary N) is 1. The van der Waals surface area contributed by atoms with Crippen LogP contribution in [0.4, 0.5) is 0 Å². The molecule has 18 heavy (non-hydrogen) atoms. The molecule has 1 unspecified atom stereocenters. The average Bonchev–Trinajstić information content (AvgIpc) is 2.80. The van der Waals surface area contributed by atoms with Crippen LogP contribution in [0.2, 0.25) is 0 Å². The van der Waals surface area contributed by atoms with E-state index in [9.17, 15) is 9.59 Å². The molecule has 98 valence electrons. The van der Waals surface area contributed by atoms with Crippen LogP contribution in [0.1, 0.15) is 32.0 Å². The molecule has 1 atom stereocenters. The maximum absolute atomic E-state index is 12.0. The summed E-state index contributed by atoms with van der Waals surface area (Å²) in [6.45, 7) is 5.65. The minimum atomic E-state index is -0.493. The second-order valence-electron chi connectivity index (χ2n) is 4.57. The molecule has 2 heterocycles. The Labute approximate surface area is 105 Å². The highest BCUT2D eigenvalue weighted by molar-refractivity contribution is 6.05. The van der Waals surface area contributed by atoms with Gasteiger partial charge in [-0.2, -0.15) is 4.98 Å². The molecule has 1 fully saturated rings. The topological polar surface area (TPSA) is 88.3 Å². The monoisotopic (exact) mass is 252 g/mol. The van der Waals surface area contributed by atoms with E-state index in [2.05, 4.69) is 15.5 Å². The summed E-state index contributed by atoms with van der Waals surface area (Å²) in [5.41, 5.74) is 0. The first-order chi connectivity index (χ1) is 8.49. The Balaban J connectivity index is 1.95. The van der Waals surface area contributed by atoms with Crippen molar-refractivity contribution in [2.75, 3.05) is 0 Å². The zero-order valence-corrected chi connectivity index (χ0v) is 10.6. The number of hydrogen-bond donors (Lipinski definition) is 1. The molecule has 0 aromatic carbocycles. The second kappa shape index (κ2) is 4.85. The van der Waals surface area contributed by atoms with Crippen molar-refractivity contribution in [3.63, 3.8) is 0 Å². The van der Waals surface area contributed by atoms with Crippen molar-refractivity contribution in [2.45, 2.75) is 45.8 Å². The Morgan fingerprint density at radius 1 is 1.50 bits per heavy atom. The predicted molar refractivity (Wildman–Crippen MR) is 61.3 cm³/mol. The van der Waals surface area contributed by atoms with Gasteiger partial charge in [-0.25, -0.2) is 0 Å². The minimum Gasteiger partial charge on any atom is -0.338 e. The van der Waals surface area contributed by atoms with Gasteiger partial charge in [0.1, 0.15) is 0 Å². The molecule has 1 aliphatic heterocycles. The average molecular weight is 252 g/mol. The van der Waals surface area contributed by atoms with E-state index in [1.165, 1.54) is 4.90 Å². The van der Waals surface area contributed by atoms with Crippen LogP contribution < -0.4 is 5.32 Å². The van der Waals surface area contributed by atoms with Gasteiger partial charge in [0.15, 0.2) is 5.82 Å². The van der Waals surface area contributed by atoms with E-state index in [0.29, 0.717) is 11.7 Å². The summed E-state index contributed by atoms with van der Waals surface area (Å²) >= 11 is 0. The summed E-state index contributed by atoms with van der Waals surface area (Å²) in [4.78, 5) is 28.9. The third-order valence-electron chi connectivity index (χ3n) is 2.77. The fourth-order valence-electron chi connectivity index (χ4n) is 1.98. The van der Waals surface area contributed by atoms with E-state index in [-0.39, 0.29) is 30.8 Å². The van der Waals surface area contributed by atoms with E-state index >= 15 is 0 Å². The molecule has 0 saturated carbocycles. The first-order valence-corrected chi connectivity index (χ1v) is 5.87. The van der Waals surface area contributed by atoms with Gasteiger partial charge in [0, 0.05) is 6.04 Å². The first kappa shape index (κ1) is 12.7. The molecule has 1 N–H and O–H groups in total. The van der Waals surface area contributed by atoms with Crippen molar-refractivity contribution in [2.24, 2.45) is 0 Å². The van der Waals surface area contributed by atoms with Gasteiger partial charge in [-0.3, -0.25) is 19.8 Å². The maximum Gasteiger partial charge on any atom is 0.247 e. The van der Waals surface area contributed by atoms with E-state index in [1.807, 2.05) is 13.8 Å². The summed E-state index contributed by atoms with van der Waals surface area (Å²) in [6, 6.07) is -0.602. The fourth-order valence-corrected chi connectivity index (χ4v) is 1.98. The quantitative estimate of drug-likeness (QED) is 0.759. The van der Waals surface area contributed by atoms with Crippen LogP contribution >= 0.6 is 0 Å². The predicted octanol–water partition coefficient (Wildman–Crippen LogP) is 0.00352. The van der Waals surface area contributed by atoms with E-state index in [4.69, 9.17) is 4.52 Å². The van der Waals surface area contributed by atoms with Gasteiger partial charge in [-0.1, -0.05) is 5.16 Å². The van der Waals surface area contributed by atoms with E-state index in [1.54, 1.807) is 6.92 Å². The van der Waals surface area contributed by atoms with Crippen LogP contribution in [0.25, 0.3) is 0 Å². The van der Waals surface area contributed by atoms with Crippen LogP contribution in [-0.4, -0.2) is 38.9 Å². The van der Waals surface area contributed by atoms with Gasteiger partial charge in [0.05, 0.1) is 19.0 Å². The van der Waals surface area contributed by atoms with Gasteiger partial charge in [-0.15, -0.1) is 0 Å². The molecular formula is C11H16N4O3. The normalized spacial score (nSPS) is 20.2. The molecule has 7 heteroatoms. The zero-order valence-electron chi connectivity index (χ0n) is 10.6. The third-order valence-corrected chi connectivity index (χ3v) is 2.77. The summed E-state index contributed by atoms with van der Waals surface area (Å²) < 4.78 is 4.93. The lowest BCUT2D eigenvalue weighted by molar-refractivity contribution is -0.140. The van der Waals surface area contributed by atoms with Crippen molar-refractivity contribution in [1.82, 2.24) is 20.4 Å². The summed E-state index contributed by atoms with van der Waals surface area (Å²) in [6.07, 6.45) is 0.185. The van der Waals surface area contributed by atoms with Crippen molar-refractivity contribution >= 4 is 11.8 Å². The summed E-state index contributed by atoms with van der Waals surface area (Å²) in [5.74, 6) is 0.626. The minimum absolute atomic E-state index is 0.109. The molecule has 2 amide bonds. The number of likely N-dealkylation sites (tertiary alicyclic amines) is 1. The molecule has 1 saturated heterocycles. The molecule has 2 rings (SSSR count). The largest absolute Gasteiger partial charge is 0.338 e.